The van der Waals surface area contributed by atoms with Crippen LogP contribution in [0.1, 0.15) is 0 Å². The molecule has 20 nitrogen and oxygen atoms in total. The highest BCUT2D eigenvalue weighted by Crippen LogP contribution is 2.42. The molecule has 0 spiro atoms. The first-order chi connectivity index (χ1) is 30.7. The highest BCUT2D eigenvalue weighted by Gasteiger charge is 2.21. The smallest absolute Gasteiger partial charge is 0.241 e. The number of fused-ring (bicyclic) bond motifs is 1. The van der Waals surface area contributed by atoms with Gasteiger partial charge < -0.3 is 44.0 Å². The molecule has 8 aromatic rings. The number of hydrogen-bond acceptors (Lipinski definition) is 19. The molecule has 4 heterocycles. The van der Waals surface area contributed by atoms with E-state index in [1.165, 1.54) is 19.0 Å². The monoisotopic (exact) mass is 914 g/mol. The molecule has 324 valence electrons. The van der Waals surface area contributed by atoms with Gasteiger partial charge in [-0.2, -0.15) is 15.0 Å². The number of hydrogen-bond donors (Lipinski definition) is 3. The molecule has 4 aromatic carbocycles. The Labute approximate surface area is 375 Å². The van der Waals surface area contributed by atoms with E-state index in [0.29, 0.717) is 69.7 Å². The van der Waals surface area contributed by atoms with Crippen molar-refractivity contribution >= 4 is 86.7 Å². The Morgan fingerprint density at radius 3 is 1.41 bits per heavy atom. The third-order valence-electron chi connectivity index (χ3n) is 8.26. The molecule has 0 aliphatic heterocycles. The van der Waals surface area contributed by atoms with Crippen molar-refractivity contribution in [2.75, 3.05) is 58.2 Å². The summed E-state index contributed by atoms with van der Waals surface area (Å²) < 4.78 is 32.0. The number of ether oxygens (including phenoxy) is 6. The number of halogens is 3. The molecule has 0 saturated carbocycles. The van der Waals surface area contributed by atoms with E-state index in [4.69, 9.17) is 68.2 Å². The summed E-state index contributed by atoms with van der Waals surface area (Å²) in [6, 6.07) is 24.6. The zero-order valence-electron chi connectivity index (χ0n) is 34.2. The quantitative estimate of drug-likeness (QED) is 0.0985. The van der Waals surface area contributed by atoms with E-state index in [1.807, 2.05) is 59.5 Å². The van der Waals surface area contributed by atoms with Gasteiger partial charge in [0.2, 0.25) is 51.1 Å². The van der Waals surface area contributed by atoms with E-state index in [-0.39, 0.29) is 15.9 Å². The molecule has 0 aliphatic carbocycles. The lowest BCUT2D eigenvalue weighted by molar-refractivity contribution is 0.324. The number of para-hydroxylation sites is 3. The summed E-state index contributed by atoms with van der Waals surface area (Å²) in [6.07, 6.45) is 4.01. The van der Waals surface area contributed by atoms with Gasteiger partial charge >= 0.3 is 0 Å². The van der Waals surface area contributed by atoms with Crippen molar-refractivity contribution in [3.05, 3.63) is 114 Å². The predicted molar refractivity (Wildman–Crippen MR) is 238 cm³/mol. The van der Waals surface area contributed by atoms with Crippen molar-refractivity contribution in [1.82, 2.24) is 54.8 Å². The van der Waals surface area contributed by atoms with Crippen LogP contribution in [0.25, 0.3) is 11.0 Å². The van der Waals surface area contributed by atoms with Gasteiger partial charge in [0.1, 0.15) is 19.0 Å². The van der Waals surface area contributed by atoms with Crippen LogP contribution in [0.3, 0.4) is 0 Å². The number of aromatic amines is 1. The Morgan fingerprint density at radius 2 is 0.952 bits per heavy atom. The SMILES string of the molecule is COc1cc(Nc2ncnc(Cl)n2)cc(OC)c1OC.COc1cc(Nc2ncnc(N(c3ccccc3)c3nc4ccccc4[nH]3)n2)cc(OC)c1OC.Clc1ncnc(Cl)n1. The highest BCUT2D eigenvalue weighted by molar-refractivity contribution is 6.30. The molecule has 0 unspecified atom stereocenters. The summed E-state index contributed by atoms with van der Waals surface area (Å²) in [4.78, 5) is 45.4. The third-order valence-corrected chi connectivity index (χ3v) is 8.81. The van der Waals surface area contributed by atoms with Crippen LogP contribution in [-0.2, 0) is 0 Å². The second-order valence-electron chi connectivity index (χ2n) is 12.0. The Kier molecular flexibility index (Phi) is 15.6. The number of nitrogens with one attached hydrogen (secondary N) is 3. The van der Waals surface area contributed by atoms with E-state index >= 15 is 0 Å². The Morgan fingerprint density at radius 1 is 0.492 bits per heavy atom. The Balaban J connectivity index is 0.000000197. The van der Waals surface area contributed by atoms with E-state index in [2.05, 4.69) is 60.5 Å². The Bertz CT molecular complexity index is 2660. The van der Waals surface area contributed by atoms with Gasteiger partial charge in [0.05, 0.1) is 59.4 Å². The van der Waals surface area contributed by atoms with Gasteiger partial charge in [0, 0.05) is 35.6 Å². The van der Waals surface area contributed by atoms with Crippen LogP contribution < -0.4 is 44.0 Å². The summed E-state index contributed by atoms with van der Waals surface area (Å²) in [5.74, 6) is 4.70. The van der Waals surface area contributed by atoms with Gasteiger partial charge in [-0.15, -0.1) is 0 Å². The maximum absolute atomic E-state index is 5.70. The van der Waals surface area contributed by atoms with Crippen LogP contribution in [0, 0.1) is 0 Å². The lowest BCUT2D eigenvalue weighted by Gasteiger charge is -2.20. The van der Waals surface area contributed by atoms with Crippen LogP contribution in [0.15, 0.2) is 97.8 Å². The molecule has 0 radical (unpaired) electrons. The minimum absolute atomic E-state index is 0.106. The Hall–Kier alpha value is -7.55. The molecule has 23 heteroatoms. The number of H-pyrrole nitrogens is 1. The van der Waals surface area contributed by atoms with Crippen molar-refractivity contribution in [2.24, 2.45) is 0 Å². The molecule has 0 saturated heterocycles. The van der Waals surface area contributed by atoms with Crippen molar-refractivity contribution in [1.29, 1.82) is 0 Å². The zero-order valence-corrected chi connectivity index (χ0v) is 36.5. The van der Waals surface area contributed by atoms with Gasteiger partial charge in [0.25, 0.3) is 0 Å². The molecular weight excluding hydrogens is 879 g/mol. The first-order valence-electron chi connectivity index (χ1n) is 18.1. The molecule has 0 fully saturated rings. The van der Waals surface area contributed by atoms with Gasteiger partial charge in [-0.25, -0.2) is 39.8 Å². The van der Waals surface area contributed by atoms with E-state index in [9.17, 15) is 0 Å². The van der Waals surface area contributed by atoms with Crippen molar-refractivity contribution in [3.8, 4) is 34.5 Å². The average Bonchev–Trinajstić information content (AvgIpc) is 3.73. The fraction of sp³-hybridized carbons (Fsp3) is 0.150. The van der Waals surface area contributed by atoms with E-state index in [0.717, 1.165) is 16.7 Å². The van der Waals surface area contributed by atoms with Crippen LogP contribution in [-0.4, -0.2) is 97.5 Å². The highest BCUT2D eigenvalue weighted by atomic mass is 35.5. The summed E-state index contributed by atoms with van der Waals surface area (Å²) in [7, 11) is 9.31. The third kappa shape index (κ3) is 11.6. The van der Waals surface area contributed by atoms with Crippen LogP contribution in [0.4, 0.5) is 40.9 Å². The topological polar surface area (TPSA) is 227 Å². The first kappa shape index (κ1) is 45.0. The first-order valence-corrected chi connectivity index (χ1v) is 19.3. The molecule has 0 amide bonds. The van der Waals surface area contributed by atoms with Crippen molar-refractivity contribution in [3.63, 3.8) is 0 Å². The minimum Gasteiger partial charge on any atom is -0.493 e. The number of nitrogens with zero attached hydrogens (tertiary/aromatic N) is 11. The van der Waals surface area contributed by atoms with E-state index in [1.54, 1.807) is 66.9 Å². The number of methoxy groups -OCH3 is 6. The molecular formula is C40H37Cl3N14O6. The molecule has 3 N–H and O–H groups in total. The summed E-state index contributed by atoms with van der Waals surface area (Å²) in [5.41, 5.74) is 3.92. The fourth-order valence-corrected chi connectivity index (χ4v) is 5.98. The van der Waals surface area contributed by atoms with Crippen LogP contribution in [0.2, 0.25) is 15.9 Å². The standard InChI is InChI=1S/C25H23N7O3.C12H13ClN4O3.C3HCl2N3/c1-33-20-13-16(14-21(34-2)22(20)35-3)28-23-26-15-27-24(31-23)32(17-9-5-4-6-10-17)25-29-18-11-7-8-12-19(18)30-25;1-18-8-4-7(5-9(19-2)10(8)20-3)16-12-15-6-14-11(13)17-12;4-2-6-1-7-3(5)8-2/h4-15H,1-3H3,(H,29,30)(H,26,27,28,31);4-6H,1-3H3,(H,14,15,16,17);1H. The van der Waals surface area contributed by atoms with Gasteiger partial charge in [-0.05, 0) is 59.1 Å². The molecule has 8 rings (SSSR count). The molecule has 4 aromatic heterocycles. The normalized spacial score (nSPS) is 10.3. The van der Waals surface area contributed by atoms with Gasteiger partial charge in [-0.3, -0.25) is 0 Å². The van der Waals surface area contributed by atoms with Crippen LogP contribution in [0.5, 0.6) is 34.5 Å². The van der Waals surface area contributed by atoms with Crippen molar-refractivity contribution < 1.29 is 28.4 Å². The van der Waals surface area contributed by atoms with Crippen molar-refractivity contribution in [2.45, 2.75) is 0 Å². The average molecular weight is 916 g/mol. The maximum Gasteiger partial charge on any atom is 0.241 e. The van der Waals surface area contributed by atoms with Gasteiger partial charge in [0.15, 0.2) is 23.0 Å². The molecule has 63 heavy (non-hydrogen) atoms. The summed E-state index contributed by atoms with van der Waals surface area (Å²) >= 11 is 16.3. The predicted octanol–water partition coefficient (Wildman–Crippen LogP) is 8.46. The van der Waals surface area contributed by atoms with Gasteiger partial charge in [-0.1, -0.05) is 30.3 Å². The number of rotatable bonds is 13. The zero-order chi connectivity index (χ0) is 44.7. The summed E-state index contributed by atoms with van der Waals surface area (Å²) in [6.45, 7) is 0. The number of imidazole rings is 1. The number of benzene rings is 4. The van der Waals surface area contributed by atoms with E-state index < -0.39 is 0 Å². The molecule has 0 atom stereocenters. The largest absolute Gasteiger partial charge is 0.493 e. The fourth-order valence-electron chi connectivity index (χ4n) is 5.57. The second-order valence-corrected chi connectivity index (χ2v) is 13.1. The minimum atomic E-state index is 0.106. The lowest BCUT2D eigenvalue weighted by atomic mass is 10.2. The number of anilines is 7. The second kappa shape index (κ2) is 21.8. The molecule has 0 aliphatic rings. The molecule has 0 bridgehead atoms. The lowest BCUT2D eigenvalue weighted by Crippen LogP contribution is -2.15. The summed E-state index contributed by atoms with van der Waals surface area (Å²) in [5, 5.41) is 6.52. The maximum atomic E-state index is 5.70. The van der Waals surface area contributed by atoms with Crippen LogP contribution >= 0.6 is 34.8 Å². The number of aromatic nitrogens is 11.